The molecule has 0 aliphatic heterocycles. The molecule has 100 valence electrons. The fourth-order valence-corrected chi connectivity index (χ4v) is 1.62. The highest BCUT2D eigenvalue weighted by Crippen LogP contribution is 2.27. The Balaban J connectivity index is 2.55. The van der Waals surface area contributed by atoms with Crippen LogP contribution in [0.2, 0.25) is 0 Å². The summed E-state index contributed by atoms with van der Waals surface area (Å²) < 4.78 is 10.4. The minimum Gasteiger partial charge on any atom is -0.493 e. The second-order valence-electron chi connectivity index (χ2n) is 4.07. The van der Waals surface area contributed by atoms with E-state index in [1.165, 1.54) is 0 Å². The number of nitrogens with one attached hydrogen (secondary N) is 1. The topological polar surface area (TPSA) is 47.6 Å². The van der Waals surface area contributed by atoms with Gasteiger partial charge in [-0.3, -0.25) is 4.79 Å². The van der Waals surface area contributed by atoms with E-state index in [9.17, 15) is 4.79 Å². The van der Waals surface area contributed by atoms with Crippen molar-refractivity contribution in [1.82, 2.24) is 5.32 Å². The van der Waals surface area contributed by atoms with Gasteiger partial charge in [0.25, 0.3) is 0 Å². The van der Waals surface area contributed by atoms with Crippen LogP contribution in [0.5, 0.6) is 11.5 Å². The molecule has 0 spiro atoms. The summed E-state index contributed by atoms with van der Waals surface area (Å²) in [7, 11) is 3.20. The van der Waals surface area contributed by atoms with Crippen LogP contribution in [0.3, 0.4) is 0 Å². The molecule has 18 heavy (non-hydrogen) atoms. The van der Waals surface area contributed by atoms with Crippen LogP contribution in [0.4, 0.5) is 0 Å². The Morgan fingerprint density at radius 2 is 1.94 bits per heavy atom. The minimum absolute atomic E-state index is 0.0895. The average Bonchev–Trinajstić information content (AvgIpc) is 2.42. The van der Waals surface area contributed by atoms with Crippen molar-refractivity contribution in [3.63, 3.8) is 0 Å². The molecule has 0 aliphatic rings. The van der Waals surface area contributed by atoms with Gasteiger partial charge in [0.2, 0.25) is 5.91 Å². The zero-order valence-corrected chi connectivity index (χ0v) is 11.3. The van der Waals surface area contributed by atoms with Crippen molar-refractivity contribution in [1.29, 1.82) is 0 Å². The molecule has 0 aromatic heterocycles. The lowest BCUT2D eigenvalue weighted by Crippen LogP contribution is -2.22. The summed E-state index contributed by atoms with van der Waals surface area (Å²) in [4.78, 5) is 11.5. The van der Waals surface area contributed by atoms with E-state index in [0.717, 1.165) is 18.4 Å². The fraction of sp³-hybridized carbons (Fsp3) is 0.500. The van der Waals surface area contributed by atoms with Gasteiger partial charge in [-0.2, -0.15) is 0 Å². The third-order valence-electron chi connectivity index (χ3n) is 2.70. The first-order valence-corrected chi connectivity index (χ1v) is 6.18. The van der Waals surface area contributed by atoms with E-state index in [1.54, 1.807) is 14.2 Å². The lowest BCUT2D eigenvalue weighted by molar-refractivity contribution is -0.121. The van der Waals surface area contributed by atoms with Gasteiger partial charge in [-0.05, 0) is 24.1 Å². The number of unbranched alkanes of at least 4 members (excludes halogenated alkanes) is 1. The standard InChI is InChI=1S/C14H21NO3/c1-4-5-6-14(16)15-10-11-7-8-12(17-2)13(9-11)18-3/h7-9H,4-6,10H2,1-3H3,(H,15,16). The van der Waals surface area contributed by atoms with Crippen molar-refractivity contribution < 1.29 is 14.3 Å². The number of carbonyl (C=O) groups is 1. The fourth-order valence-electron chi connectivity index (χ4n) is 1.62. The number of carbonyl (C=O) groups excluding carboxylic acids is 1. The van der Waals surface area contributed by atoms with E-state index in [2.05, 4.69) is 12.2 Å². The van der Waals surface area contributed by atoms with Gasteiger partial charge >= 0.3 is 0 Å². The number of hydrogen-bond donors (Lipinski definition) is 1. The Hall–Kier alpha value is -1.71. The van der Waals surface area contributed by atoms with Crippen molar-refractivity contribution in [3.05, 3.63) is 23.8 Å². The smallest absolute Gasteiger partial charge is 0.220 e. The van der Waals surface area contributed by atoms with Crippen LogP contribution >= 0.6 is 0 Å². The first kappa shape index (κ1) is 14.4. The van der Waals surface area contributed by atoms with E-state index < -0.39 is 0 Å². The van der Waals surface area contributed by atoms with E-state index in [4.69, 9.17) is 9.47 Å². The van der Waals surface area contributed by atoms with E-state index in [0.29, 0.717) is 24.5 Å². The van der Waals surface area contributed by atoms with Gasteiger partial charge in [0.05, 0.1) is 14.2 Å². The highest BCUT2D eigenvalue weighted by atomic mass is 16.5. The molecule has 0 heterocycles. The summed E-state index contributed by atoms with van der Waals surface area (Å²) in [6, 6.07) is 5.63. The average molecular weight is 251 g/mol. The molecular weight excluding hydrogens is 230 g/mol. The summed E-state index contributed by atoms with van der Waals surface area (Å²) in [6.07, 6.45) is 2.55. The predicted octanol–water partition coefficient (Wildman–Crippen LogP) is 2.51. The number of ether oxygens (including phenoxy) is 2. The third kappa shape index (κ3) is 4.28. The van der Waals surface area contributed by atoms with E-state index >= 15 is 0 Å². The largest absolute Gasteiger partial charge is 0.493 e. The van der Waals surface area contributed by atoms with Crippen molar-refractivity contribution in [2.45, 2.75) is 32.7 Å². The minimum atomic E-state index is 0.0895. The highest BCUT2D eigenvalue weighted by molar-refractivity contribution is 5.75. The molecule has 0 fully saturated rings. The molecule has 0 unspecified atom stereocenters. The van der Waals surface area contributed by atoms with Crippen LogP contribution in [0.25, 0.3) is 0 Å². The first-order valence-electron chi connectivity index (χ1n) is 6.18. The first-order chi connectivity index (χ1) is 8.71. The molecule has 1 N–H and O–H groups in total. The van der Waals surface area contributed by atoms with Crippen molar-refractivity contribution in [2.75, 3.05) is 14.2 Å². The third-order valence-corrected chi connectivity index (χ3v) is 2.70. The SMILES string of the molecule is CCCCC(=O)NCc1ccc(OC)c(OC)c1. The summed E-state index contributed by atoms with van der Waals surface area (Å²) in [5.41, 5.74) is 0.998. The molecule has 0 atom stereocenters. The molecular formula is C14H21NO3. The number of benzene rings is 1. The molecule has 0 saturated carbocycles. The molecule has 1 rings (SSSR count). The molecule has 4 nitrogen and oxygen atoms in total. The zero-order valence-electron chi connectivity index (χ0n) is 11.3. The van der Waals surface area contributed by atoms with Crippen molar-refractivity contribution >= 4 is 5.91 Å². The number of methoxy groups -OCH3 is 2. The normalized spacial score (nSPS) is 9.94. The Morgan fingerprint density at radius 3 is 2.56 bits per heavy atom. The number of amides is 1. The van der Waals surface area contributed by atoms with E-state index in [1.807, 2.05) is 18.2 Å². The molecule has 0 saturated heterocycles. The van der Waals surface area contributed by atoms with E-state index in [-0.39, 0.29) is 5.91 Å². The quantitative estimate of drug-likeness (QED) is 0.810. The number of hydrogen-bond acceptors (Lipinski definition) is 3. The second-order valence-corrected chi connectivity index (χ2v) is 4.07. The van der Waals surface area contributed by atoms with Gasteiger partial charge in [0.15, 0.2) is 11.5 Å². The molecule has 0 radical (unpaired) electrons. The predicted molar refractivity (Wildman–Crippen MR) is 70.9 cm³/mol. The molecule has 1 aromatic carbocycles. The Labute approximate surface area is 108 Å². The van der Waals surface area contributed by atoms with Gasteiger partial charge < -0.3 is 14.8 Å². The zero-order chi connectivity index (χ0) is 13.4. The monoisotopic (exact) mass is 251 g/mol. The number of rotatable bonds is 7. The van der Waals surface area contributed by atoms with Crippen LogP contribution in [0, 0.1) is 0 Å². The van der Waals surface area contributed by atoms with Gasteiger partial charge in [0.1, 0.15) is 0 Å². The van der Waals surface area contributed by atoms with Crippen molar-refractivity contribution in [2.24, 2.45) is 0 Å². The Bertz CT molecular complexity index is 391. The second kappa shape index (κ2) is 7.58. The van der Waals surface area contributed by atoms with Gasteiger partial charge in [0, 0.05) is 13.0 Å². The lowest BCUT2D eigenvalue weighted by Gasteiger charge is -2.10. The molecule has 0 bridgehead atoms. The van der Waals surface area contributed by atoms with Gasteiger partial charge in [-0.15, -0.1) is 0 Å². The van der Waals surface area contributed by atoms with Gasteiger partial charge in [-0.1, -0.05) is 19.4 Å². The van der Waals surface area contributed by atoms with Crippen LogP contribution in [0.15, 0.2) is 18.2 Å². The summed E-state index contributed by atoms with van der Waals surface area (Å²) in [6.45, 7) is 2.59. The summed E-state index contributed by atoms with van der Waals surface area (Å²) in [5.74, 6) is 1.46. The highest BCUT2D eigenvalue weighted by Gasteiger charge is 2.05. The maximum atomic E-state index is 11.5. The Kier molecular flexibility index (Phi) is 6.05. The van der Waals surface area contributed by atoms with Crippen LogP contribution in [-0.4, -0.2) is 20.1 Å². The molecule has 4 heteroatoms. The van der Waals surface area contributed by atoms with Crippen LogP contribution in [-0.2, 0) is 11.3 Å². The molecule has 1 aromatic rings. The van der Waals surface area contributed by atoms with Crippen LogP contribution < -0.4 is 14.8 Å². The van der Waals surface area contributed by atoms with Crippen molar-refractivity contribution in [3.8, 4) is 11.5 Å². The van der Waals surface area contributed by atoms with Crippen LogP contribution in [0.1, 0.15) is 31.7 Å². The maximum Gasteiger partial charge on any atom is 0.220 e. The maximum absolute atomic E-state index is 11.5. The van der Waals surface area contributed by atoms with Gasteiger partial charge in [-0.25, -0.2) is 0 Å². The molecule has 0 aliphatic carbocycles. The lowest BCUT2D eigenvalue weighted by atomic mass is 10.2. The Morgan fingerprint density at radius 1 is 1.22 bits per heavy atom. The summed E-state index contributed by atoms with van der Waals surface area (Å²) >= 11 is 0. The summed E-state index contributed by atoms with van der Waals surface area (Å²) in [5, 5.41) is 2.89. The molecule has 1 amide bonds.